The van der Waals surface area contributed by atoms with Gasteiger partial charge in [0.05, 0.1) is 11.9 Å². The molecule has 0 fully saturated rings. The van der Waals surface area contributed by atoms with Crippen LogP contribution in [-0.2, 0) is 4.79 Å². The molecular formula is C13H13N3O2. The number of aliphatic hydroxyl groups is 1. The molecule has 1 heterocycles. The van der Waals surface area contributed by atoms with Gasteiger partial charge in [0.15, 0.2) is 6.10 Å². The Labute approximate surface area is 104 Å². The van der Waals surface area contributed by atoms with E-state index in [1.54, 1.807) is 30.5 Å². The van der Waals surface area contributed by atoms with Gasteiger partial charge in [0.25, 0.3) is 5.91 Å². The fraction of sp³-hybridized carbons (Fsp3) is 0.0769. The number of aromatic nitrogens is 1. The first-order chi connectivity index (χ1) is 8.77. The number of amides is 1. The fourth-order valence-corrected chi connectivity index (χ4v) is 1.44. The molecule has 0 aliphatic heterocycles. The standard InChI is InChI=1S/C13H13N3O2/c17-12(10-5-2-1-3-6-10)13(18)16-15-9-11-7-4-8-14-11/h1-9,12,14,17H,(H,16,18)/b15-9+/t12-/m1/s1. The van der Waals surface area contributed by atoms with Gasteiger partial charge in [-0.2, -0.15) is 5.10 Å². The van der Waals surface area contributed by atoms with Crippen molar-refractivity contribution >= 4 is 12.1 Å². The number of hydrogen-bond acceptors (Lipinski definition) is 3. The van der Waals surface area contributed by atoms with Crippen LogP contribution in [0.1, 0.15) is 17.4 Å². The highest BCUT2D eigenvalue weighted by Gasteiger charge is 2.15. The topological polar surface area (TPSA) is 77.5 Å². The maximum atomic E-state index is 11.6. The number of aromatic amines is 1. The molecule has 0 aliphatic carbocycles. The summed E-state index contributed by atoms with van der Waals surface area (Å²) < 4.78 is 0. The van der Waals surface area contributed by atoms with Crippen molar-refractivity contribution in [1.82, 2.24) is 10.4 Å². The van der Waals surface area contributed by atoms with Gasteiger partial charge in [0.1, 0.15) is 0 Å². The third-order valence-corrected chi connectivity index (χ3v) is 2.36. The van der Waals surface area contributed by atoms with E-state index in [2.05, 4.69) is 15.5 Å². The van der Waals surface area contributed by atoms with E-state index in [4.69, 9.17) is 0 Å². The first-order valence-electron chi connectivity index (χ1n) is 5.46. The van der Waals surface area contributed by atoms with Gasteiger partial charge in [0, 0.05) is 6.20 Å². The molecule has 0 radical (unpaired) electrons. The number of nitrogens with zero attached hydrogens (tertiary/aromatic N) is 1. The number of carbonyl (C=O) groups is 1. The monoisotopic (exact) mass is 243 g/mol. The number of aliphatic hydroxyl groups excluding tert-OH is 1. The van der Waals surface area contributed by atoms with Crippen LogP contribution < -0.4 is 5.43 Å². The molecule has 1 amide bonds. The number of hydrogen-bond donors (Lipinski definition) is 3. The summed E-state index contributed by atoms with van der Waals surface area (Å²) in [5.74, 6) is -0.566. The molecular weight excluding hydrogens is 230 g/mol. The molecule has 0 saturated carbocycles. The van der Waals surface area contributed by atoms with Crippen LogP contribution >= 0.6 is 0 Å². The lowest BCUT2D eigenvalue weighted by atomic mass is 10.1. The Kier molecular flexibility index (Phi) is 3.88. The van der Waals surface area contributed by atoms with Crippen molar-refractivity contribution in [2.75, 3.05) is 0 Å². The second-order valence-electron chi connectivity index (χ2n) is 3.67. The second-order valence-corrected chi connectivity index (χ2v) is 3.67. The smallest absolute Gasteiger partial charge is 0.273 e. The minimum Gasteiger partial charge on any atom is -0.378 e. The molecule has 1 atom stereocenters. The lowest BCUT2D eigenvalue weighted by Crippen LogP contribution is -2.25. The molecule has 0 spiro atoms. The summed E-state index contributed by atoms with van der Waals surface area (Å²) in [5, 5.41) is 13.5. The molecule has 0 bridgehead atoms. The Morgan fingerprint density at radius 2 is 2.06 bits per heavy atom. The predicted molar refractivity (Wildman–Crippen MR) is 67.9 cm³/mol. The van der Waals surface area contributed by atoms with Gasteiger partial charge in [-0.15, -0.1) is 0 Å². The molecule has 0 saturated heterocycles. The normalized spacial score (nSPS) is 12.5. The molecule has 0 aliphatic rings. The SMILES string of the molecule is O=C(N/N=C/c1ccc[nH]1)[C@H](O)c1ccccc1. The summed E-state index contributed by atoms with van der Waals surface area (Å²) in [7, 11) is 0. The van der Waals surface area contributed by atoms with E-state index in [0.717, 1.165) is 5.69 Å². The Hall–Kier alpha value is -2.40. The Balaban J connectivity index is 1.92. The van der Waals surface area contributed by atoms with Crippen LogP contribution in [-0.4, -0.2) is 22.2 Å². The van der Waals surface area contributed by atoms with Crippen LogP contribution in [0.15, 0.2) is 53.8 Å². The maximum Gasteiger partial charge on any atom is 0.273 e. The zero-order valence-electron chi connectivity index (χ0n) is 9.58. The van der Waals surface area contributed by atoms with Crippen LogP contribution in [0.25, 0.3) is 0 Å². The van der Waals surface area contributed by atoms with Crippen LogP contribution in [0.4, 0.5) is 0 Å². The summed E-state index contributed by atoms with van der Waals surface area (Å²) in [6.07, 6.45) is 2.00. The molecule has 3 N–H and O–H groups in total. The molecule has 1 aromatic heterocycles. The number of benzene rings is 1. The van der Waals surface area contributed by atoms with Crippen molar-refractivity contribution in [3.63, 3.8) is 0 Å². The van der Waals surface area contributed by atoms with E-state index in [9.17, 15) is 9.90 Å². The molecule has 5 heteroatoms. The Bertz CT molecular complexity index is 520. The molecule has 92 valence electrons. The highest BCUT2D eigenvalue weighted by Crippen LogP contribution is 2.11. The quantitative estimate of drug-likeness (QED) is 0.557. The molecule has 2 rings (SSSR count). The van der Waals surface area contributed by atoms with Crippen molar-refractivity contribution in [3.8, 4) is 0 Å². The van der Waals surface area contributed by atoms with E-state index < -0.39 is 12.0 Å². The fourth-order valence-electron chi connectivity index (χ4n) is 1.44. The van der Waals surface area contributed by atoms with Gasteiger partial charge in [-0.3, -0.25) is 4.79 Å². The number of nitrogens with one attached hydrogen (secondary N) is 2. The summed E-state index contributed by atoms with van der Waals surface area (Å²) in [6, 6.07) is 12.3. The van der Waals surface area contributed by atoms with Crippen molar-refractivity contribution in [2.45, 2.75) is 6.10 Å². The number of rotatable bonds is 4. The molecule has 5 nitrogen and oxygen atoms in total. The van der Waals surface area contributed by atoms with Gasteiger partial charge >= 0.3 is 0 Å². The van der Waals surface area contributed by atoms with E-state index in [1.807, 2.05) is 18.2 Å². The van der Waals surface area contributed by atoms with Crippen LogP contribution in [0.5, 0.6) is 0 Å². The summed E-state index contributed by atoms with van der Waals surface area (Å²) >= 11 is 0. The lowest BCUT2D eigenvalue weighted by molar-refractivity contribution is -0.129. The van der Waals surface area contributed by atoms with Crippen molar-refractivity contribution < 1.29 is 9.90 Å². The van der Waals surface area contributed by atoms with E-state index >= 15 is 0 Å². The average Bonchev–Trinajstić information content (AvgIpc) is 2.92. The third-order valence-electron chi connectivity index (χ3n) is 2.36. The first-order valence-corrected chi connectivity index (χ1v) is 5.46. The Morgan fingerprint density at radius 1 is 1.28 bits per heavy atom. The number of carbonyl (C=O) groups excluding carboxylic acids is 1. The van der Waals surface area contributed by atoms with Gasteiger partial charge in [-0.05, 0) is 17.7 Å². The predicted octanol–water partition coefficient (Wildman–Crippen LogP) is 1.20. The lowest BCUT2D eigenvalue weighted by Gasteiger charge is -2.08. The third kappa shape index (κ3) is 3.05. The van der Waals surface area contributed by atoms with E-state index in [0.29, 0.717) is 5.56 Å². The van der Waals surface area contributed by atoms with Crippen LogP contribution in [0, 0.1) is 0 Å². The van der Waals surface area contributed by atoms with Crippen LogP contribution in [0.3, 0.4) is 0 Å². The van der Waals surface area contributed by atoms with Gasteiger partial charge in [-0.1, -0.05) is 30.3 Å². The molecule has 18 heavy (non-hydrogen) atoms. The Morgan fingerprint density at radius 3 is 2.72 bits per heavy atom. The maximum absolute atomic E-state index is 11.6. The minimum atomic E-state index is -1.22. The van der Waals surface area contributed by atoms with Crippen LogP contribution in [0.2, 0.25) is 0 Å². The van der Waals surface area contributed by atoms with Crippen molar-refractivity contribution in [1.29, 1.82) is 0 Å². The second kappa shape index (κ2) is 5.79. The highest BCUT2D eigenvalue weighted by atomic mass is 16.3. The minimum absolute atomic E-state index is 0.532. The first kappa shape index (κ1) is 12.1. The zero-order chi connectivity index (χ0) is 12.8. The molecule has 2 aromatic rings. The van der Waals surface area contributed by atoms with Crippen molar-refractivity contribution in [2.24, 2.45) is 5.10 Å². The number of hydrazone groups is 1. The average molecular weight is 243 g/mol. The molecule has 1 aromatic carbocycles. The van der Waals surface area contributed by atoms with E-state index in [-0.39, 0.29) is 0 Å². The molecule has 0 unspecified atom stereocenters. The summed E-state index contributed by atoms with van der Waals surface area (Å²) in [5.41, 5.74) is 3.58. The zero-order valence-corrected chi connectivity index (χ0v) is 9.58. The van der Waals surface area contributed by atoms with Crippen molar-refractivity contribution in [3.05, 3.63) is 59.9 Å². The summed E-state index contributed by atoms with van der Waals surface area (Å²) in [6.45, 7) is 0. The van der Waals surface area contributed by atoms with Gasteiger partial charge < -0.3 is 10.1 Å². The van der Waals surface area contributed by atoms with Gasteiger partial charge in [-0.25, -0.2) is 5.43 Å². The largest absolute Gasteiger partial charge is 0.378 e. The number of H-pyrrole nitrogens is 1. The summed E-state index contributed by atoms with van der Waals surface area (Å²) in [4.78, 5) is 14.5. The van der Waals surface area contributed by atoms with Gasteiger partial charge in [0.2, 0.25) is 0 Å². The highest BCUT2D eigenvalue weighted by molar-refractivity contribution is 5.84. The van der Waals surface area contributed by atoms with E-state index in [1.165, 1.54) is 6.21 Å².